The molecule has 1 N–H and O–H groups in total. The van der Waals surface area contributed by atoms with Crippen LogP contribution in [0.2, 0.25) is 0 Å². The topological polar surface area (TPSA) is 53.4 Å². The van der Waals surface area contributed by atoms with E-state index in [0.717, 1.165) is 18.1 Å². The number of nitrogens with zero attached hydrogens (tertiary/aromatic N) is 2. The summed E-state index contributed by atoms with van der Waals surface area (Å²) >= 11 is 1.57. The van der Waals surface area contributed by atoms with Crippen molar-refractivity contribution < 1.29 is 9.90 Å². The number of carboxylic acids is 1. The summed E-state index contributed by atoms with van der Waals surface area (Å²) in [6.07, 6.45) is 4.80. The summed E-state index contributed by atoms with van der Waals surface area (Å²) in [6.45, 7) is 6.64. The van der Waals surface area contributed by atoms with E-state index in [0.29, 0.717) is 11.7 Å². The number of rotatable bonds is 7. The molecule has 1 aromatic heterocycles. The standard InChI is InChI=1S/C14H22N2O2S/c1-4-5-8-16(10-6-7-10)13-15-11(9-19-13)14(2,3)12(17)18/h9-10H,4-8H2,1-3H3,(H,17,18). The molecule has 2 rings (SSSR count). The first-order valence-corrected chi connectivity index (χ1v) is 7.80. The van der Waals surface area contributed by atoms with Gasteiger partial charge in [-0.3, -0.25) is 4.79 Å². The zero-order chi connectivity index (χ0) is 14.0. The molecule has 0 aliphatic heterocycles. The summed E-state index contributed by atoms with van der Waals surface area (Å²) in [5.74, 6) is -0.823. The Labute approximate surface area is 118 Å². The van der Waals surface area contributed by atoms with Crippen LogP contribution in [0.5, 0.6) is 0 Å². The predicted molar refractivity (Wildman–Crippen MR) is 78.1 cm³/mol. The van der Waals surface area contributed by atoms with Crippen LogP contribution < -0.4 is 4.90 Å². The summed E-state index contributed by atoms with van der Waals surface area (Å²) in [6, 6.07) is 0.624. The van der Waals surface area contributed by atoms with Gasteiger partial charge in [0.05, 0.1) is 5.69 Å². The van der Waals surface area contributed by atoms with E-state index in [2.05, 4.69) is 16.8 Å². The second kappa shape index (κ2) is 5.49. The highest BCUT2D eigenvalue weighted by Crippen LogP contribution is 2.36. The van der Waals surface area contributed by atoms with E-state index >= 15 is 0 Å². The molecular weight excluding hydrogens is 260 g/mol. The van der Waals surface area contributed by atoms with Gasteiger partial charge in [-0.15, -0.1) is 11.3 Å². The van der Waals surface area contributed by atoms with Crippen molar-refractivity contribution in [2.75, 3.05) is 11.4 Å². The first-order chi connectivity index (χ1) is 8.96. The highest BCUT2D eigenvalue weighted by Gasteiger charge is 2.35. The fourth-order valence-corrected chi connectivity index (χ4v) is 3.03. The molecule has 1 fully saturated rings. The Morgan fingerprint density at radius 2 is 2.26 bits per heavy atom. The maximum atomic E-state index is 11.3. The molecule has 19 heavy (non-hydrogen) atoms. The third-order valence-electron chi connectivity index (χ3n) is 3.65. The molecule has 1 aromatic rings. The molecule has 106 valence electrons. The van der Waals surface area contributed by atoms with Crippen molar-refractivity contribution >= 4 is 22.4 Å². The molecule has 0 amide bonds. The molecule has 0 bridgehead atoms. The predicted octanol–water partition coefficient (Wildman–Crippen LogP) is 3.27. The van der Waals surface area contributed by atoms with Crippen LogP contribution in [0.15, 0.2) is 5.38 Å². The van der Waals surface area contributed by atoms with Gasteiger partial charge in [-0.05, 0) is 33.1 Å². The van der Waals surface area contributed by atoms with Gasteiger partial charge >= 0.3 is 5.97 Å². The van der Waals surface area contributed by atoms with Crippen molar-refractivity contribution in [3.8, 4) is 0 Å². The van der Waals surface area contributed by atoms with Crippen molar-refractivity contribution in [1.82, 2.24) is 4.98 Å². The number of thiazole rings is 1. The Hall–Kier alpha value is -1.10. The minimum Gasteiger partial charge on any atom is -0.481 e. The Balaban J connectivity index is 2.16. The molecule has 0 spiro atoms. The van der Waals surface area contributed by atoms with E-state index in [9.17, 15) is 9.90 Å². The zero-order valence-corrected chi connectivity index (χ0v) is 12.7. The lowest BCUT2D eigenvalue weighted by atomic mass is 9.90. The lowest BCUT2D eigenvalue weighted by molar-refractivity contribution is -0.142. The number of carboxylic acid groups (broad SMARTS) is 1. The largest absolute Gasteiger partial charge is 0.481 e. The quantitative estimate of drug-likeness (QED) is 0.834. The summed E-state index contributed by atoms with van der Waals surface area (Å²) in [5.41, 5.74) is -0.239. The molecule has 0 atom stereocenters. The van der Waals surface area contributed by atoms with Gasteiger partial charge in [-0.2, -0.15) is 0 Å². The molecule has 0 unspecified atom stereocenters. The Bertz CT molecular complexity index is 452. The average Bonchev–Trinajstić information content (AvgIpc) is 3.06. The molecular formula is C14H22N2O2S. The van der Waals surface area contributed by atoms with Crippen LogP contribution in [0.4, 0.5) is 5.13 Å². The van der Waals surface area contributed by atoms with Gasteiger partial charge in [0.2, 0.25) is 0 Å². The van der Waals surface area contributed by atoms with Crippen molar-refractivity contribution in [2.24, 2.45) is 0 Å². The van der Waals surface area contributed by atoms with Crippen molar-refractivity contribution in [3.05, 3.63) is 11.1 Å². The maximum absolute atomic E-state index is 11.3. The number of aromatic nitrogens is 1. The van der Waals surface area contributed by atoms with Crippen LogP contribution in [0.1, 0.15) is 52.1 Å². The van der Waals surface area contributed by atoms with E-state index in [1.165, 1.54) is 19.3 Å². The van der Waals surface area contributed by atoms with E-state index in [-0.39, 0.29) is 0 Å². The molecule has 0 aromatic carbocycles. The summed E-state index contributed by atoms with van der Waals surface area (Å²) < 4.78 is 0. The number of carbonyl (C=O) groups is 1. The zero-order valence-electron chi connectivity index (χ0n) is 11.8. The normalized spacial score (nSPS) is 15.5. The number of hydrogen-bond acceptors (Lipinski definition) is 4. The molecule has 0 saturated heterocycles. The van der Waals surface area contributed by atoms with Gasteiger partial charge in [0.15, 0.2) is 5.13 Å². The maximum Gasteiger partial charge on any atom is 0.315 e. The number of hydrogen-bond donors (Lipinski definition) is 1. The minimum atomic E-state index is -0.908. The molecule has 1 saturated carbocycles. The Kier molecular flexibility index (Phi) is 4.13. The van der Waals surface area contributed by atoms with E-state index in [1.807, 2.05) is 5.38 Å². The third-order valence-corrected chi connectivity index (χ3v) is 4.53. The van der Waals surface area contributed by atoms with E-state index < -0.39 is 11.4 Å². The lowest BCUT2D eigenvalue weighted by Gasteiger charge is -2.21. The van der Waals surface area contributed by atoms with Gasteiger partial charge < -0.3 is 10.0 Å². The lowest BCUT2D eigenvalue weighted by Crippen LogP contribution is -2.30. The molecule has 1 aliphatic rings. The molecule has 0 radical (unpaired) electrons. The first kappa shape index (κ1) is 14.3. The van der Waals surface area contributed by atoms with Crippen LogP contribution in [-0.2, 0) is 10.2 Å². The van der Waals surface area contributed by atoms with E-state index in [1.54, 1.807) is 25.2 Å². The SMILES string of the molecule is CCCCN(c1nc(C(C)(C)C(=O)O)cs1)C1CC1. The van der Waals surface area contributed by atoms with Crippen LogP contribution in [0.3, 0.4) is 0 Å². The number of anilines is 1. The molecule has 1 aliphatic carbocycles. The van der Waals surface area contributed by atoms with Crippen LogP contribution in [0.25, 0.3) is 0 Å². The first-order valence-electron chi connectivity index (χ1n) is 6.93. The van der Waals surface area contributed by atoms with Crippen LogP contribution in [0, 0.1) is 0 Å². The second-order valence-corrected chi connectivity index (χ2v) is 6.56. The second-order valence-electron chi connectivity index (χ2n) is 5.72. The van der Waals surface area contributed by atoms with E-state index in [4.69, 9.17) is 0 Å². The molecule has 4 nitrogen and oxygen atoms in total. The number of unbranched alkanes of at least 4 members (excludes halogenated alkanes) is 1. The van der Waals surface area contributed by atoms with Gasteiger partial charge in [0, 0.05) is 18.0 Å². The summed E-state index contributed by atoms with van der Waals surface area (Å²) in [7, 11) is 0. The monoisotopic (exact) mass is 282 g/mol. The minimum absolute atomic E-state index is 0.624. The van der Waals surface area contributed by atoms with Gasteiger partial charge in [-0.25, -0.2) is 4.98 Å². The fraction of sp³-hybridized carbons (Fsp3) is 0.714. The van der Waals surface area contributed by atoms with Gasteiger partial charge in [0.1, 0.15) is 5.41 Å². The summed E-state index contributed by atoms with van der Waals surface area (Å²) in [4.78, 5) is 18.2. The van der Waals surface area contributed by atoms with Crippen molar-refractivity contribution in [3.63, 3.8) is 0 Å². The smallest absolute Gasteiger partial charge is 0.315 e. The van der Waals surface area contributed by atoms with Crippen LogP contribution in [-0.4, -0.2) is 28.6 Å². The highest BCUT2D eigenvalue weighted by molar-refractivity contribution is 7.13. The van der Waals surface area contributed by atoms with Crippen molar-refractivity contribution in [2.45, 2.75) is 57.9 Å². The average molecular weight is 282 g/mol. The van der Waals surface area contributed by atoms with Crippen molar-refractivity contribution in [1.29, 1.82) is 0 Å². The summed E-state index contributed by atoms with van der Waals surface area (Å²) in [5, 5.41) is 12.1. The van der Waals surface area contributed by atoms with Crippen LogP contribution >= 0.6 is 11.3 Å². The highest BCUT2D eigenvalue weighted by atomic mass is 32.1. The van der Waals surface area contributed by atoms with Gasteiger partial charge in [-0.1, -0.05) is 13.3 Å². The Morgan fingerprint density at radius 1 is 1.58 bits per heavy atom. The third kappa shape index (κ3) is 3.08. The number of aliphatic carboxylic acids is 1. The Morgan fingerprint density at radius 3 is 2.79 bits per heavy atom. The van der Waals surface area contributed by atoms with Gasteiger partial charge in [0.25, 0.3) is 0 Å². The molecule has 5 heteroatoms. The fourth-order valence-electron chi connectivity index (χ4n) is 1.94. The molecule has 1 heterocycles.